The molecule has 1 saturated heterocycles. The van der Waals surface area contributed by atoms with Crippen molar-refractivity contribution in [3.05, 3.63) is 23.9 Å². The summed E-state index contributed by atoms with van der Waals surface area (Å²) in [5.74, 6) is 1.42. The van der Waals surface area contributed by atoms with Crippen LogP contribution in [0.4, 0.5) is 5.82 Å². The minimum absolute atomic E-state index is 0.102. The van der Waals surface area contributed by atoms with Crippen LogP contribution < -0.4 is 5.32 Å². The Bertz CT molecular complexity index is 419. The molecule has 1 N–H and O–H groups in total. The number of nitrogens with one attached hydrogen (secondary N) is 1. The molecule has 4 heteroatoms. The van der Waals surface area contributed by atoms with Crippen molar-refractivity contribution in [2.24, 2.45) is 5.92 Å². The molecule has 0 aromatic carbocycles. The number of aromatic nitrogens is 1. The monoisotopic (exact) mass is 247 g/mol. The molecule has 2 heterocycles. The third-order valence-electron chi connectivity index (χ3n) is 3.66. The molecule has 1 atom stereocenters. The Morgan fingerprint density at radius 2 is 2.44 bits per heavy atom. The second-order valence-corrected chi connectivity index (χ2v) is 4.82. The zero-order chi connectivity index (χ0) is 13.0. The smallest absolute Gasteiger partial charge is 0.257 e. The molecular weight excluding hydrogens is 226 g/mol. The Hall–Kier alpha value is -1.58. The average Bonchev–Trinajstić information content (AvgIpc) is 2.46. The minimum Gasteiger partial charge on any atom is -0.372 e. The molecule has 2 rings (SSSR count). The highest BCUT2D eigenvalue weighted by Crippen LogP contribution is 2.22. The van der Waals surface area contributed by atoms with Crippen molar-refractivity contribution in [3.8, 4) is 0 Å². The van der Waals surface area contributed by atoms with Gasteiger partial charge in [-0.15, -0.1) is 0 Å². The summed E-state index contributed by atoms with van der Waals surface area (Å²) in [4.78, 5) is 18.6. The number of carbonyl (C=O) groups is 1. The van der Waals surface area contributed by atoms with Gasteiger partial charge in [-0.3, -0.25) is 4.79 Å². The van der Waals surface area contributed by atoms with E-state index in [9.17, 15) is 4.79 Å². The van der Waals surface area contributed by atoms with Crippen LogP contribution in [0.2, 0.25) is 0 Å². The van der Waals surface area contributed by atoms with Gasteiger partial charge in [-0.25, -0.2) is 4.98 Å². The molecule has 98 valence electrons. The molecule has 0 spiro atoms. The van der Waals surface area contributed by atoms with Gasteiger partial charge in [-0.1, -0.05) is 13.3 Å². The van der Waals surface area contributed by atoms with E-state index in [1.165, 1.54) is 6.42 Å². The van der Waals surface area contributed by atoms with E-state index >= 15 is 0 Å². The third-order valence-corrected chi connectivity index (χ3v) is 3.66. The molecule has 1 aromatic rings. The summed E-state index contributed by atoms with van der Waals surface area (Å²) in [7, 11) is 1.80. The van der Waals surface area contributed by atoms with Crippen molar-refractivity contribution in [1.82, 2.24) is 9.88 Å². The number of hydrogen-bond acceptors (Lipinski definition) is 3. The number of piperidine rings is 1. The first-order valence-corrected chi connectivity index (χ1v) is 6.68. The first-order chi connectivity index (χ1) is 8.76. The second-order valence-electron chi connectivity index (χ2n) is 4.82. The maximum absolute atomic E-state index is 12.5. The van der Waals surface area contributed by atoms with Crippen LogP contribution in [0.15, 0.2) is 18.3 Å². The average molecular weight is 247 g/mol. The van der Waals surface area contributed by atoms with Gasteiger partial charge in [0.1, 0.15) is 5.82 Å². The summed E-state index contributed by atoms with van der Waals surface area (Å²) in [5.41, 5.74) is 0.678. The highest BCUT2D eigenvalue weighted by atomic mass is 16.2. The molecule has 18 heavy (non-hydrogen) atoms. The number of carbonyl (C=O) groups excluding carboxylic acids is 1. The number of pyridine rings is 1. The van der Waals surface area contributed by atoms with Crippen molar-refractivity contribution in [2.75, 3.05) is 25.5 Å². The maximum Gasteiger partial charge on any atom is 0.257 e. The van der Waals surface area contributed by atoms with Gasteiger partial charge in [0.05, 0.1) is 5.56 Å². The van der Waals surface area contributed by atoms with Crippen molar-refractivity contribution in [3.63, 3.8) is 0 Å². The molecular formula is C14H21N3O. The van der Waals surface area contributed by atoms with Crippen LogP contribution in [0, 0.1) is 5.92 Å². The Morgan fingerprint density at radius 1 is 1.61 bits per heavy atom. The van der Waals surface area contributed by atoms with Gasteiger partial charge >= 0.3 is 0 Å². The topological polar surface area (TPSA) is 45.2 Å². The van der Waals surface area contributed by atoms with E-state index < -0.39 is 0 Å². The number of rotatable bonds is 3. The van der Waals surface area contributed by atoms with E-state index in [0.717, 1.165) is 25.9 Å². The van der Waals surface area contributed by atoms with Gasteiger partial charge < -0.3 is 10.2 Å². The Morgan fingerprint density at radius 3 is 3.17 bits per heavy atom. The fraction of sp³-hybridized carbons (Fsp3) is 0.571. The SMILES string of the molecule is CCC1CCCN(C(=O)c2cccnc2NC)C1. The van der Waals surface area contributed by atoms with Gasteiger partial charge in [-0.05, 0) is 30.9 Å². The lowest BCUT2D eigenvalue weighted by Gasteiger charge is -2.32. The number of nitrogens with zero attached hydrogens (tertiary/aromatic N) is 2. The molecule has 0 saturated carbocycles. The van der Waals surface area contributed by atoms with Crippen LogP contribution in [-0.2, 0) is 0 Å². The number of amides is 1. The van der Waals surface area contributed by atoms with E-state index in [1.54, 1.807) is 13.2 Å². The number of likely N-dealkylation sites (tertiary alicyclic amines) is 1. The predicted octanol–water partition coefficient (Wildman–Crippen LogP) is 2.39. The zero-order valence-corrected chi connectivity index (χ0v) is 11.1. The van der Waals surface area contributed by atoms with Gasteiger partial charge in [0, 0.05) is 26.3 Å². The largest absolute Gasteiger partial charge is 0.372 e. The highest BCUT2D eigenvalue weighted by Gasteiger charge is 2.24. The van der Waals surface area contributed by atoms with Crippen molar-refractivity contribution in [2.45, 2.75) is 26.2 Å². The molecule has 0 bridgehead atoms. The molecule has 1 unspecified atom stereocenters. The van der Waals surface area contributed by atoms with Crippen LogP contribution in [-0.4, -0.2) is 35.9 Å². The molecule has 0 aliphatic carbocycles. The van der Waals surface area contributed by atoms with Gasteiger partial charge in [0.2, 0.25) is 0 Å². The second kappa shape index (κ2) is 5.85. The van der Waals surface area contributed by atoms with E-state index in [2.05, 4.69) is 17.2 Å². The van der Waals surface area contributed by atoms with E-state index in [1.807, 2.05) is 17.0 Å². The van der Waals surface area contributed by atoms with Crippen molar-refractivity contribution in [1.29, 1.82) is 0 Å². The lowest BCUT2D eigenvalue weighted by Crippen LogP contribution is -2.40. The number of hydrogen-bond donors (Lipinski definition) is 1. The summed E-state index contributed by atoms with van der Waals surface area (Å²) >= 11 is 0. The number of anilines is 1. The summed E-state index contributed by atoms with van der Waals surface area (Å²) in [5, 5.41) is 2.98. The summed E-state index contributed by atoms with van der Waals surface area (Å²) in [6.45, 7) is 3.95. The van der Waals surface area contributed by atoms with Crippen LogP contribution in [0.25, 0.3) is 0 Å². The summed E-state index contributed by atoms with van der Waals surface area (Å²) in [6.07, 6.45) is 5.20. The molecule has 1 aliphatic rings. The quantitative estimate of drug-likeness (QED) is 0.892. The Balaban J connectivity index is 2.15. The van der Waals surface area contributed by atoms with Gasteiger partial charge in [0.15, 0.2) is 0 Å². The van der Waals surface area contributed by atoms with E-state index in [-0.39, 0.29) is 5.91 Å². The lowest BCUT2D eigenvalue weighted by atomic mass is 9.95. The molecule has 0 radical (unpaired) electrons. The Kier molecular flexibility index (Phi) is 4.18. The lowest BCUT2D eigenvalue weighted by molar-refractivity contribution is 0.0672. The van der Waals surface area contributed by atoms with Gasteiger partial charge in [-0.2, -0.15) is 0 Å². The standard InChI is InChI=1S/C14H21N3O/c1-3-11-6-5-9-17(10-11)14(18)12-7-4-8-16-13(12)15-2/h4,7-8,11H,3,5-6,9-10H2,1-2H3,(H,15,16). The predicted molar refractivity (Wildman–Crippen MR) is 72.7 cm³/mol. The molecule has 4 nitrogen and oxygen atoms in total. The Labute approximate surface area is 108 Å². The fourth-order valence-electron chi connectivity index (χ4n) is 2.53. The maximum atomic E-state index is 12.5. The van der Waals surface area contributed by atoms with Crippen molar-refractivity contribution < 1.29 is 4.79 Å². The van der Waals surface area contributed by atoms with Crippen LogP contribution >= 0.6 is 0 Å². The first-order valence-electron chi connectivity index (χ1n) is 6.68. The van der Waals surface area contributed by atoms with E-state index in [4.69, 9.17) is 0 Å². The van der Waals surface area contributed by atoms with Crippen LogP contribution in [0.5, 0.6) is 0 Å². The minimum atomic E-state index is 0.102. The van der Waals surface area contributed by atoms with E-state index in [0.29, 0.717) is 17.3 Å². The highest BCUT2D eigenvalue weighted by molar-refractivity contribution is 5.98. The summed E-state index contributed by atoms with van der Waals surface area (Å²) in [6, 6.07) is 3.66. The van der Waals surface area contributed by atoms with Crippen LogP contribution in [0.1, 0.15) is 36.5 Å². The molecule has 1 fully saturated rings. The zero-order valence-electron chi connectivity index (χ0n) is 11.1. The van der Waals surface area contributed by atoms with Crippen molar-refractivity contribution >= 4 is 11.7 Å². The third kappa shape index (κ3) is 2.63. The molecule has 1 aromatic heterocycles. The summed E-state index contributed by atoms with van der Waals surface area (Å²) < 4.78 is 0. The fourth-order valence-corrected chi connectivity index (χ4v) is 2.53. The molecule has 1 amide bonds. The normalized spacial score (nSPS) is 19.7. The molecule has 1 aliphatic heterocycles. The van der Waals surface area contributed by atoms with Gasteiger partial charge in [0.25, 0.3) is 5.91 Å². The van der Waals surface area contributed by atoms with Crippen LogP contribution in [0.3, 0.4) is 0 Å². The first kappa shape index (κ1) is 12.9.